The third-order valence-electron chi connectivity index (χ3n) is 3.08. The van der Waals surface area contributed by atoms with E-state index in [2.05, 4.69) is 0 Å². The van der Waals surface area contributed by atoms with Gasteiger partial charge in [0.1, 0.15) is 11.9 Å². The summed E-state index contributed by atoms with van der Waals surface area (Å²) in [6, 6.07) is 4.30. The molecule has 5 nitrogen and oxygen atoms in total. The van der Waals surface area contributed by atoms with Gasteiger partial charge in [0.15, 0.2) is 0 Å². The number of halogens is 1. The van der Waals surface area contributed by atoms with Crippen LogP contribution in [0.5, 0.6) is 0 Å². The van der Waals surface area contributed by atoms with Gasteiger partial charge < -0.3 is 5.11 Å². The lowest BCUT2D eigenvalue weighted by atomic mass is 10.2. The second-order valence-corrected chi connectivity index (χ2v) is 6.41. The van der Waals surface area contributed by atoms with E-state index in [0.717, 1.165) is 10.4 Å². The molecule has 1 heterocycles. The van der Waals surface area contributed by atoms with Crippen molar-refractivity contribution in [3.63, 3.8) is 0 Å². The molecular weight excluding hydrogens is 273 g/mol. The molecule has 1 N–H and O–H groups in total. The molecule has 0 radical (unpaired) electrons. The van der Waals surface area contributed by atoms with Crippen LogP contribution in [0.15, 0.2) is 24.3 Å². The molecule has 19 heavy (non-hydrogen) atoms. The first-order chi connectivity index (χ1) is 8.90. The van der Waals surface area contributed by atoms with Crippen LogP contribution in [0.25, 0.3) is 0 Å². The zero-order valence-electron chi connectivity index (χ0n) is 10.1. The van der Waals surface area contributed by atoms with E-state index < -0.39 is 27.9 Å². The molecule has 1 aliphatic rings. The molecule has 1 aliphatic heterocycles. The number of benzene rings is 1. The minimum atomic E-state index is -3.74. The molecule has 1 fully saturated rings. The third kappa shape index (κ3) is 3.10. The highest BCUT2D eigenvalue weighted by Crippen LogP contribution is 2.23. The normalized spacial score (nSPS) is 20.6. The van der Waals surface area contributed by atoms with E-state index in [0.29, 0.717) is 18.4 Å². The van der Waals surface area contributed by atoms with Crippen molar-refractivity contribution in [2.24, 2.45) is 0 Å². The second kappa shape index (κ2) is 5.26. The number of nitrogens with zero attached hydrogens (tertiary/aromatic N) is 1. The Hall–Kier alpha value is -1.47. The SMILES string of the molecule is O=C(O)[C@H]1CCCN1S(=O)(=O)Cc1cccc(F)c1. The molecular formula is C12H14FNO4S. The lowest BCUT2D eigenvalue weighted by Gasteiger charge is -2.20. The molecule has 0 spiro atoms. The van der Waals surface area contributed by atoms with Crippen LogP contribution >= 0.6 is 0 Å². The van der Waals surface area contributed by atoms with E-state index in [1.165, 1.54) is 18.2 Å². The molecule has 1 aromatic rings. The quantitative estimate of drug-likeness (QED) is 0.903. The monoisotopic (exact) mass is 287 g/mol. The van der Waals surface area contributed by atoms with Gasteiger partial charge in [0, 0.05) is 6.54 Å². The molecule has 0 aromatic heterocycles. The molecule has 0 aliphatic carbocycles. The Labute approximate surface area is 110 Å². The second-order valence-electron chi connectivity index (χ2n) is 4.49. The van der Waals surface area contributed by atoms with Crippen molar-refractivity contribution >= 4 is 16.0 Å². The van der Waals surface area contributed by atoms with E-state index in [1.54, 1.807) is 0 Å². The van der Waals surface area contributed by atoms with Crippen molar-refractivity contribution in [3.05, 3.63) is 35.6 Å². The number of carboxylic acids is 1. The van der Waals surface area contributed by atoms with Crippen LogP contribution < -0.4 is 0 Å². The number of carbonyl (C=O) groups is 1. The fourth-order valence-corrected chi connectivity index (χ4v) is 4.00. The van der Waals surface area contributed by atoms with Crippen LogP contribution in [0.1, 0.15) is 18.4 Å². The highest BCUT2D eigenvalue weighted by molar-refractivity contribution is 7.88. The van der Waals surface area contributed by atoms with Crippen molar-refractivity contribution in [2.45, 2.75) is 24.6 Å². The molecule has 1 atom stereocenters. The average Bonchev–Trinajstić information content (AvgIpc) is 2.77. The Morgan fingerprint density at radius 3 is 2.84 bits per heavy atom. The topological polar surface area (TPSA) is 74.7 Å². The maximum absolute atomic E-state index is 13.0. The first-order valence-corrected chi connectivity index (χ1v) is 7.48. The average molecular weight is 287 g/mol. The van der Waals surface area contributed by atoms with Gasteiger partial charge in [-0.25, -0.2) is 12.8 Å². The lowest BCUT2D eigenvalue weighted by molar-refractivity contribution is -0.140. The van der Waals surface area contributed by atoms with Crippen molar-refractivity contribution in [1.29, 1.82) is 0 Å². The summed E-state index contributed by atoms with van der Waals surface area (Å²) in [5, 5.41) is 8.99. The lowest BCUT2D eigenvalue weighted by Crippen LogP contribution is -2.40. The summed E-state index contributed by atoms with van der Waals surface area (Å²) >= 11 is 0. The number of hydrogen-bond acceptors (Lipinski definition) is 3. The van der Waals surface area contributed by atoms with Crippen LogP contribution in [-0.4, -0.2) is 36.4 Å². The van der Waals surface area contributed by atoms with Crippen LogP contribution in [-0.2, 0) is 20.6 Å². The van der Waals surface area contributed by atoms with Gasteiger partial charge in [0.25, 0.3) is 0 Å². The van der Waals surface area contributed by atoms with Gasteiger partial charge in [-0.2, -0.15) is 4.31 Å². The fraction of sp³-hybridized carbons (Fsp3) is 0.417. The molecule has 0 bridgehead atoms. The Morgan fingerprint density at radius 2 is 2.21 bits per heavy atom. The van der Waals surface area contributed by atoms with Gasteiger partial charge >= 0.3 is 5.97 Å². The molecule has 7 heteroatoms. The zero-order chi connectivity index (χ0) is 14.0. The van der Waals surface area contributed by atoms with E-state index in [4.69, 9.17) is 5.11 Å². The summed E-state index contributed by atoms with van der Waals surface area (Å²) in [6.07, 6.45) is 0.844. The van der Waals surface area contributed by atoms with E-state index in [9.17, 15) is 17.6 Å². The summed E-state index contributed by atoms with van der Waals surface area (Å²) in [4.78, 5) is 11.0. The predicted octanol–water partition coefficient (Wildman–Crippen LogP) is 1.20. The van der Waals surface area contributed by atoms with Crippen LogP contribution in [0.4, 0.5) is 4.39 Å². The van der Waals surface area contributed by atoms with Gasteiger partial charge in [-0.1, -0.05) is 12.1 Å². The van der Waals surface area contributed by atoms with Gasteiger partial charge in [0.2, 0.25) is 10.0 Å². The van der Waals surface area contributed by atoms with Crippen LogP contribution in [0.3, 0.4) is 0 Å². The van der Waals surface area contributed by atoms with Gasteiger partial charge in [0.05, 0.1) is 5.75 Å². The van der Waals surface area contributed by atoms with Gasteiger partial charge in [-0.3, -0.25) is 4.79 Å². The third-order valence-corrected chi connectivity index (χ3v) is 4.93. The van der Waals surface area contributed by atoms with E-state index in [1.807, 2.05) is 0 Å². The Bertz CT molecular complexity index is 587. The summed E-state index contributed by atoms with van der Waals surface area (Å²) in [5.41, 5.74) is 0.316. The maximum atomic E-state index is 13.0. The summed E-state index contributed by atoms with van der Waals surface area (Å²) in [5.74, 6) is -2.03. The molecule has 1 saturated heterocycles. The van der Waals surface area contributed by atoms with Crippen molar-refractivity contribution in [1.82, 2.24) is 4.31 Å². The molecule has 1 aromatic carbocycles. The van der Waals surface area contributed by atoms with Crippen molar-refractivity contribution in [2.75, 3.05) is 6.54 Å². The largest absolute Gasteiger partial charge is 0.480 e. The van der Waals surface area contributed by atoms with E-state index >= 15 is 0 Å². The minimum Gasteiger partial charge on any atom is -0.480 e. The van der Waals surface area contributed by atoms with Gasteiger partial charge in [-0.05, 0) is 30.5 Å². The summed E-state index contributed by atoms with van der Waals surface area (Å²) in [7, 11) is -3.74. The number of sulfonamides is 1. The zero-order valence-corrected chi connectivity index (χ0v) is 10.9. The highest BCUT2D eigenvalue weighted by atomic mass is 32.2. The number of aliphatic carboxylic acids is 1. The minimum absolute atomic E-state index is 0.203. The Morgan fingerprint density at radius 1 is 1.47 bits per heavy atom. The van der Waals surface area contributed by atoms with Crippen molar-refractivity contribution in [3.8, 4) is 0 Å². The highest BCUT2D eigenvalue weighted by Gasteiger charge is 2.38. The Kier molecular flexibility index (Phi) is 3.86. The first-order valence-electron chi connectivity index (χ1n) is 5.87. The smallest absolute Gasteiger partial charge is 0.322 e. The van der Waals surface area contributed by atoms with Crippen molar-refractivity contribution < 1.29 is 22.7 Å². The maximum Gasteiger partial charge on any atom is 0.322 e. The van der Waals surface area contributed by atoms with Crippen LogP contribution in [0, 0.1) is 5.82 Å². The van der Waals surface area contributed by atoms with Gasteiger partial charge in [-0.15, -0.1) is 0 Å². The standard InChI is InChI=1S/C12H14FNO4S/c13-10-4-1-3-9(7-10)8-19(17,18)14-6-2-5-11(14)12(15)16/h1,3-4,7,11H,2,5-6,8H2,(H,15,16)/t11-/m1/s1. The summed E-state index contributed by atoms with van der Waals surface area (Å²) < 4.78 is 38.4. The molecule has 0 unspecified atom stereocenters. The Balaban J connectivity index is 2.21. The number of carboxylic acid groups (broad SMARTS) is 1. The molecule has 0 saturated carbocycles. The molecule has 0 amide bonds. The fourth-order valence-electron chi connectivity index (χ4n) is 2.24. The molecule has 104 valence electrons. The number of rotatable bonds is 4. The first kappa shape index (κ1) is 14.0. The molecule has 2 rings (SSSR count). The number of hydrogen-bond donors (Lipinski definition) is 1. The van der Waals surface area contributed by atoms with E-state index in [-0.39, 0.29) is 12.3 Å². The summed E-state index contributed by atoms with van der Waals surface area (Å²) in [6.45, 7) is 0.203. The predicted molar refractivity (Wildman–Crippen MR) is 66.4 cm³/mol. The van der Waals surface area contributed by atoms with Crippen LogP contribution in [0.2, 0.25) is 0 Å².